The van der Waals surface area contributed by atoms with Gasteiger partial charge in [0.1, 0.15) is 0 Å². The summed E-state index contributed by atoms with van der Waals surface area (Å²) in [6.07, 6.45) is 8.86. The molecule has 3 aliphatic rings. The molecule has 0 saturated heterocycles. The van der Waals surface area contributed by atoms with Crippen LogP contribution in [0.15, 0.2) is 36.1 Å². The van der Waals surface area contributed by atoms with Crippen LogP contribution in [0.5, 0.6) is 0 Å². The molecule has 0 radical (unpaired) electrons. The molecule has 2 fully saturated rings. The molecule has 0 spiro atoms. The van der Waals surface area contributed by atoms with Gasteiger partial charge in [-0.1, -0.05) is 32.1 Å². The Morgan fingerprint density at radius 1 is 1.42 bits per heavy atom. The fourth-order valence-corrected chi connectivity index (χ4v) is 5.34. The highest BCUT2D eigenvalue weighted by Crippen LogP contribution is 2.61. The number of fused-ring (bicyclic) bond motifs is 1. The first-order valence-corrected chi connectivity index (χ1v) is 8.87. The Kier molecular flexibility index (Phi) is 4.47. The minimum atomic E-state index is -0.467. The van der Waals surface area contributed by atoms with E-state index in [-0.39, 0.29) is 29.8 Å². The molecule has 2 N–H and O–H groups in total. The number of rotatable bonds is 3. The van der Waals surface area contributed by atoms with Crippen LogP contribution in [0.4, 0.5) is 0 Å². The number of allylic oxidation sites excluding steroid dienone is 2. The number of esters is 1. The standard InChI is InChI=1S/C20H28O4/c1-13-4-7-16-19(2,10-8-17(22)20(16,3)12-21)15(13)6-5-14-9-11-24-18(14)23/h5,9,11,15-17,21-22H,1,4,6-8,10,12H2,2-3H3/t15-,16-,17-,19+,20-/m1/s1. The van der Waals surface area contributed by atoms with Crippen molar-refractivity contribution in [2.45, 2.75) is 52.1 Å². The summed E-state index contributed by atoms with van der Waals surface area (Å²) in [6.45, 7) is 8.59. The second-order valence-corrected chi connectivity index (χ2v) is 8.13. The molecule has 0 aromatic rings. The van der Waals surface area contributed by atoms with E-state index in [0.717, 1.165) is 25.7 Å². The molecule has 1 heterocycles. The van der Waals surface area contributed by atoms with Crippen LogP contribution in [0.1, 0.15) is 46.0 Å². The predicted molar refractivity (Wildman–Crippen MR) is 91.8 cm³/mol. The van der Waals surface area contributed by atoms with E-state index in [9.17, 15) is 15.0 Å². The zero-order valence-electron chi connectivity index (χ0n) is 14.6. The largest absolute Gasteiger partial charge is 0.431 e. The van der Waals surface area contributed by atoms with Gasteiger partial charge in [-0.2, -0.15) is 0 Å². The minimum absolute atomic E-state index is 0.00374. The summed E-state index contributed by atoms with van der Waals surface area (Å²) >= 11 is 0. The van der Waals surface area contributed by atoms with Gasteiger partial charge in [-0.25, -0.2) is 4.79 Å². The third-order valence-electron chi connectivity index (χ3n) is 6.93. The third kappa shape index (κ3) is 2.56. The fourth-order valence-electron chi connectivity index (χ4n) is 5.34. The third-order valence-corrected chi connectivity index (χ3v) is 6.93. The Labute approximate surface area is 143 Å². The molecule has 0 amide bonds. The van der Waals surface area contributed by atoms with Gasteiger partial charge in [-0.15, -0.1) is 0 Å². The molecule has 132 valence electrons. The van der Waals surface area contributed by atoms with Gasteiger partial charge in [0.05, 0.1) is 24.5 Å². The van der Waals surface area contributed by atoms with Gasteiger partial charge in [-0.05, 0) is 55.4 Å². The zero-order chi connectivity index (χ0) is 17.5. The lowest BCUT2D eigenvalue weighted by Gasteiger charge is -2.59. The van der Waals surface area contributed by atoms with E-state index in [4.69, 9.17) is 4.74 Å². The molecule has 0 aromatic carbocycles. The van der Waals surface area contributed by atoms with Crippen LogP contribution in [0.3, 0.4) is 0 Å². The lowest BCUT2D eigenvalue weighted by molar-refractivity contribution is -0.151. The lowest BCUT2D eigenvalue weighted by Crippen LogP contribution is -2.57. The van der Waals surface area contributed by atoms with Gasteiger partial charge < -0.3 is 14.9 Å². The molecule has 24 heavy (non-hydrogen) atoms. The van der Waals surface area contributed by atoms with E-state index in [1.165, 1.54) is 11.8 Å². The van der Waals surface area contributed by atoms with Crippen molar-refractivity contribution in [3.8, 4) is 0 Å². The van der Waals surface area contributed by atoms with Gasteiger partial charge in [0.15, 0.2) is 0 Å². The van der Waals surface area contributed by atoms with Crippen molar-refractivity contribution in [2.24, 2.45) is 22.7 Å². The molecule has 0 aromatic heterocycles. The Hall–Kier alpha value is -1.39. The lowest BCUT2D eigenvalue weighted by atomic mass is 9.46. The topological polar surface area (TPSA) is 66.8 Å². The van der Waals surface area contributed by atoms with E-state index in [0.29, 0.717) is 12.0 Å². The average molecular weight is 332 g/mol. The molecule has 0 unspecified atom stereocenters. The predicted octanol–water partition coefficient (Wildman–Crippen LogP) is 3.12. The van der Waals surface area contributed by atoms with Crippen molar-refractivity contribution < 1.29 is 19.7 Å². The number of hydrogen-bond acceptors (Lipinski definition) is 4. The van der Waals surface area contributed by atoms with Crippen LogP contribution >= 0.6 is 0 Å². The Bertz CT molecular complexity index is 605. The average Bonchev–Trinajstić information content (AvgIpc) is 2.96. The number of carbonyl (C=O) groups excluding carboxylic acids is 1. The van der Waals surface area contributed by atoms with Crippen LogP contribution in [0.2, 0.25) is 0 Å². The highest BCUT2D eigenvalue weighted by molar-refractivity contribution is 5.94. The van der Waals surface area contributed by atoms with Crippen molar-refractivity contribution >= 4 is 5.97 Å². The molecule has 0 bridgehead atoms. The molecule has 1 aliphatic heterocycles. The maximum Gasteiger partial charge on any atom is 0.342 e. The number of ether oxygens (including phenoxy) is 1. The highest BCUT2D eigenvalue weighted by atomic mass is 16.5. The van der Waals surface area contributed by atoms with Crippen LogP contribution < -0.4 is 0 Å². The highest BCUT2D eigenvalue weighted by Gasteiger charge is 2.57. The monoisotopic (exact) mass is 332 g/mol. The van der Waals surface area contributed by atoms with Crippen LogP contribution in [0, 0.1) is 22.7 Å². The molecule has 3 rings (SSSR count). The van der Waals surface area contributed by atoms with E-state index in [1.54, 1.807) is 6.08 Å². The van der Waals surface area contributed by atoms with Gasteiger partial charge in [-0.3, -0.25) is 0 Å². The summed E-state index contributed by atoms with van der Waals surface area (Å²) in [5.74, 6) is 0.208. The Balaban J connectivity index is 1.89. The van der Waals surface area contributed by atoms with Crippen LogP contribution in [-0.2, 0) is 9.53 Å². The van der Waals surface area contributed by atoms with Gasteiger partial charge >= 0.3 is 5.97 Å². The summed E-state index contributed by atoms with van der Waals surface area (Å²) < 4.78 is 4.85. The number of hydrogen-bond donors (Lipinski definition) is 2. The van der Waals surface area contributed by atoms with Crippen LogP contribution in [-0.4, -0.2) is 28.9 Å². The van der Waals surface area contributed by atoms with Crippen LogP contribution in [0.25, 0.3) is 0 Å². The second kappa shape index (κ2) is 6.16. The number of carbonyl (C=O) groups is 1. The molecule has 5 atom stereocenters. The number of aliphatic hydroxyl groups is 2. The van der Waals surface area contributed by atoms with E-state index in [1.807, 2.05) is 13.0 Å². The van der Waals surface area contributed by atoms with Crippen molar-refractivity contribution in [2.75, 3.05) is 6.61 Å². The summed E-state index contributed by atoms with van der Waals surface area (Å²) in [5.41, 5.74) is 1.34. The van der Waals surface area contributed by atoms with Crippen molar-refractivity contribution in [3.63, 3.8) is 0 Å². The first kappa shape index (κ1) is 17.4. The van der Waals surface area contributed by atoms with Gasteiger partial charge in [0.2, 0.25) is 0 Å². The maximum absolute atomic E-state index is 11.6. The first-order chi connectivity index (χ1) is 11.3. The number of aliphatic hydroxyl groups excluding tert-OH is 2. The first-order valence-electron chi connectivity index (χ1n) is 8.87. The zero-order valence-corrected chi connectivity index (χ0v) is 14.6. The Morgan fingerprint density at radius 2 is 2.17 bits per heavy atom. The maximum atomic E-state index is 11.6. The molecular weight excluding hydrogens is 304 g/mol. The summed E-state index contributed by atoms with van der Waals surface area (Å²) in [6, 6.07) is 0. The van der Waals surface area contributed by atoms with Crippen molar-refractivity contribution in [1.82, 2.24) is 0 Å². The quantitative estimate of drug-likeness (QED) is 0.473. The molecular formula is C20H28O4. The van der Waals surface area contributed by atoms with Gasteiger partial charge in [0.25, 0.3) is 0 Å². The minimum Gasteiger partial charge on any atom is -0.431 e. The SMILES string of the molecule is C=C1CC[C@H]2[C@@](C)(CO)[C@H](O)CC[C@@]2(C)[C@@H]1CC=C1C=COC1=O. The normalized spacial score (nSPS) is 43.8. The second-order valence-electron chi connectivity index (χ2n) is 8.13. The molecule has 2 saturated carbocycles. The van der Waals surface area contributed by atoms with E-state index in [2.05, 4.69) is 13.5 Å². The molecule has 4 heteroatoms. The van der Waals surface area contributed by atoms with Crippen molar-refractivity contribution in [1.29, 1.82) is 0 Å². The Morgan fingerprint density at radius 3 is 2.79 bits per heavy atom. The molecule has 2 aliphatic carbocycles. The van der Waals surface area contributed by atoms with E-state index >= 15 is 0 Å². The van der Waals surface area contributed by atoms with E-state index < -0.39 is 11.5 Å². The number of cyclic esters (lactones) is 1. The molecule has 4 nitrogen and oxygen atoms in total. The van der Waals surface area contributed by atoms with Crippen molar-refractivity contribution in [3.05, 3.63) is 36.1 Å². The fraction of sp³-hybridized carbons (Fsp3) is 0.650. The summed E-state index contributed by atoms with van der Waals surface area (Å²) in [5, 5.41) is 20.5. The smallest absolute Gasteiger partial charge is 0.342 e. The van der Waals surface area contributed by atoms with Gasteiger partial charge in [0, 0.05) is 5.41 Å². The summed E-state index contributed by atoms with van der Waals surface area (Å²) in [4.78, 5) is 11.6. The summed E-state index contributed by atoms with van der Waals surface area (Å²) in [7, 11) is 0.